The van der Waals surface area contributed by atoms with Gasteiger partial charge in [-0.3, -0.25) is 9.78 Å². The number of hydrogen-bond donors (Lipinski definition) is 1. The normalized spacial score (nSPS) is 18.9. The fourth-order valence-electron chi connectivity index (χ4n) is 4.91. The molecule has 2 aromatic heterocycles. The van der Waals surface area contributed by atoms with E-state index in [9.17, 15) is 9.18 Å². The van der Waals surface area contributed by atoms with E-state index >= 15 is 0 Å². The summed E-state index contributed by atoms with van der Waals surface area (Å²) in [6.07, 6.45) is 9.70. The Bertz CT molecular complexity index is 1120. The van der Waals surface area contributed by atoms with Gasteiger partial charge in [-0.2, -0.15) is 0 Å². The number of aromatic nitrogens is 3. The minimum absolute atomic E-state index is 0.0637. The molecule has 0 spiro atoms. The molecule has 0 bridgehead atoms. The minimum atomic E-state index is -0.310. The van der Waals surface area contributed by atoms with Crippen LogP contribution >= 0.6 is 0 Å². The predicted octanol–water partition coefficient (Wildman–Crippen LogP) is 5.32. The van der Waals surface area contributed by atoms with Gasteiger partial charge in [0, 0.05) is 54.6 Å². The van der Waals surface area contributed by atoms with Crippen LogP contribution < -0.4 is 5.32 Å². The minimum Gasteiger partial charge on any atom is -0.342 e. The number of carbonyl (C=O) groups is 1. The molecule has 1 unspecified atom stereocenters. The number of pyridine rings is 1. The van der Waals surface area contributed by atoms with Crippen molar-refractivity contribution in [2.45, 2.75) is 44.4 Å². The van der Waals surface area contributed by atoms with Crippen LogP contribution in [-0.2, 0) is 4.79 Å². The van der Waals surface area contributed by atoms with Crippen LogP contribution in [0.1, 0.15) is 50.3 Å². The predicted molar refractivity (Wildman–Crippen MR) is 125 cm³/mol. The van der Waals surface area contributed by atoms with Crippen LogP contribution in [0.3, 0.4) is 0 Å². The number of piperidine rings is 1. The third-order valence-corrected chi connectivity index (χ3v) is 6.60. The van der Waals surface area contributed by atoms with Gasteiger partial charge in [0.15, 0.2) is 0 Å². The van der Waals surface area contributed by atoms with Gasteiger partial charge in [-0.25, -0.2) is 14.4 Å². The fraction of sp³-hybridized carbons (Fsp3) is 0.385. The van der Waals surface area contributed by atoms with Gasteiger partial charge in [-0.1, -0.05) is 18.9 Å². The maximum absolute atomic E-state index is 13.7. The molecule has 1 saturated heterocycles. The Morgan fingerprint density at radius 2 is 1.91 bits per heavy atom. The number of amides is 1. The van der Waals surface area contributed by atoms with Gasteiger partial charge < -0.3 is 10.2 Å². The molecule has 7 heteroatoms. The Kier molecular flexibility index (Phi) is 6.28. The monoisotopic (exact) mass is 445 g/mol. The maximum atomic E-state index is 13.7. The molecule has 3 heterocycles. The molecule has 1 aliphatic carbocycles. The topological polar surface area (TPSA) is 71.0 Å². The number of anilines is 2. The second kappa shape index (κ2) is 9.65. The first-order valence-electron chi connectivity index (χ1n) is 11.8. The Morgan fingerprint density at radius 1 is 1.03 bits per heavy atom. The van der Waals surface area contributed by atoms with Crippen molar-refractivity contribution in [3.8, 4) is 11.3 Å². The van der Waals surface area contributed by atoms with E-state index in [1.54, 1.807) is 24.5 Å². The first-order valence-corrected chi connectivity index (χ1v) is 11.8. The molecule has 1 N–H and O–H groups in total. The number of benzene rings is 1. The van der Waals surface area contributed by atoms with Gasteiger partial charge in [0.05, 0.1) is 5.69 Å². The van der Waals surface area contributed by atoms with E-state index < -0.39 is 0 Å². The van der Waals surface area contributed by atoms with Crippen molar-refractivity contribution < 1.29 is 9.18 Å². The van der Waals surface area contributed by atoms with Crippen LogP contribution in [0.25, 0.3) is 11.3 Å². The highest BCUT2D eigenvalue weighted by Crippen LogP contribution is 2.32. The average molecular weight is 446 g/mol. The van der Waals surface area contributed by atoms with E-state index in [0.717, 1.165) is 56.3 Å². The molecule has 1 aromatic carbocycles. The Hall–Kier alpha value is -3.35. The second-order valence-corrected chi connectivity index (χ2v) is 8.98. The number of likely N-dealkylation sites (tertiary alicyclic amines) is 1. The molecule has 3 aromatic rings. The zero-order chi connectivity index (χ0) is 22.6. The van der Waals surface area contributed by atoms with Crippen molar-refractivity contribution in [3.63, 3.8) is 0 Å². The molecular weight excluding hydrogens is 417 g/mol. The number of hydrogen-bond acceptors (Lipinski definition) is 5. The highest BCUT2D eigenvalue weighted by atomic mass is 19.1. The highest BCUT2D eigenvalue weighted by Gasteiger charge is 2.32. The van der Waals surface area contributed by atoms with E-state index in [-0.39, 0.29) is 17.7 Å². The zero-order valence-corrected chi connectivity index (χ0v) is 18.6. The lowest BCUT2D eigenvalue weighted by atomic mass is 9.95. The second-order valence-electron chi connectivity index (χ2n) is 8.98. The molecule has 1 aliphatic heterocycles. The Balaban J connectivity index is 1.44. The van der Waals surface area contributed by atoms with Crippen molar-refractivity contribution >= 4 is 17.4 Å². The Morgan fingerprint density at radius 3 is 2.70 bits per heavy atom. The summed E-state index contributed by atoms with van der Waals surface area (Å²) in [6.45, 7) is 1.45. The number of nitrogens with one attached hydrogen (secondary N) is 1. The summed E-state index contributed by atoms with van der Waals surface area (Å²) < 4.78 is 13.7. The highest BCUT2D eigenvalue weighted by molar-refractivity contribution is 5.79. The van der Waals surface area contributed by atoms with Crippen LogP contribution in [0.15, 0.2) is 54.9 Å². The zero-order valence-electron chi connectivity index (χ0n) is 18.6. The molecule has 2 fully saturated rings. The number of rotatable bonds is 5. The summed E-state index contributed by atoms with van der Waals surface area (Å²) >= 11 is 0. The SMILES string of the molecule is O=C(C1CCCC1)N1CCCC(c2nc(Nc3cccc(F)c3)cc(-c3cccnc3)n2)C1. The molecule has 5 rings (SSSR count). The molecule has 170 valence electrons. The molecular formula is C26H28FN5O. The average Bonchev–Trinajstić information content (AvgIpc) is 3.39. The quantitative estimate of drug-likeness (QED) is 0.576. The van der Waals surface area contributed by atoms with Crippen LogP contribution in [0, 0.1) is 11.7 Å². The lowest BCUT2D eigenvalue weighted by Gasteiger charge is -2.34. The molecule has 1 amide bonds. The van der Waals surface area contributed by atoms with Crippen molar-refractivity contribution in [2.24, 2.45) is 5.92 Å². The number of halogens is 1. The fourth-order valence-corrected chi connectivity index (χ4v) is 4.91. The van der Waals surface area contributed by atoms with Crippen molar-refractivity contribution in [3.05, 3.63) is 66.5 Å². The van der Waals surface area contributed by atoms with Gasteiger partial charge in [0.1, 0.15) is 17.5 Å². The summed E-state index contributed by atoms with van der Waals surface area (Å²) in [6, 6.07) is 12.0. The standard InChI is InChI=1S/C26H28FN5O/c27-21-10-3-11-22(14-21)29-24-15-23(19-8-4-12-28-16-19)30-25(31-24)20-9-5-13-32(17-20)26(33)18-6-1-2-7-18/h3-4,8,10-12,14-16,18,20H,1-2,5-7,9,13,17H2,(H,29,30,31). The molecule has 1 saturated carbocycles. The first kappa shape index (κ1) is 21.5. The number of nitrogens with zero attached hydrogens (tertiary/aromatic N) is 4. The maximum Gasteiger partial charge on any atom is 0.225 e. The molecule has 0 radical (unpaired) electrons. The van der Waals surface area contributed by atoms with Gasteiger partial charge in [-0.05, 0) is 56.0 Å². The van der Waals surface area contributed by atoms with Gasteiger partial charge >= 0.3 is 0 Å². The van der Waals surface area contributed by atoms with E-state index in [0.29, 0.717) is 29.8 Å². The van der Waals surface area contributed by atoms with Gasteiger partial charge in [0.2, 0.25) is 5.91 Å². The summed E-state index contributed by atoms with van der Waals surface area (Å²) in [5, 5.41) is 3.22. The third kappa shape index (κ3) is 5.02. The largest absolute Gasteiger partial charge is 0.342 e. The summed E-state index contributed by atoms with van der Waals surface area (Å²) in [5.74, 6) is 1.53. The van der Waals surface area contributed by atoms with Crippen LogP contribution in [0.2, 0.25) is 0 Å². The van der Waals surface area contributed by atoms with E-state index in [1.807, 2.05) is 23.1 Å². The number of carbonyl (C=O) groups excluding carboxylic acids is 1. The smallest absolute Gasteiger partial charge is 0.225 e. The molecule has 2 aliphatic rings. The van der Waals surface area contributed by atoms with Gasteiger partial charge in [0.25, 0.3) is 0 Å². The first-order chi connectivity index (χ1) is 16.2. The third-order valence-electron chi connectivity index (χ3n) is 6.60. The lowest BCUT2D eigenvalue weighted by molar-refractivity contribution is -0.136. The molecule has 1 atom stereocenters. The summed E-state index contributed by atoms with van der Waals surface area (Å²) in [4.78, 5) is 28.9. The summed E-state index contributed by atoms with van der Waals surface area (Å²) in [7, 11) is 0. The van der Waals surface area contributed by atoms with Crippen LogP contribution in [0.4, 0.5) is 15.9 Å². The molecule has 6 nitrogen and oxygen atoms in total. The van der Waals surface area contributed by atoms with Crippen LogP contribution in [-0.4, -0.2) is 38.8 Å². The van der Waals surface area contributed by atoms with Crippen molar-refractivity contribution in [1.82, 2.24) is 19.9 Å². The summed E-state index contributed by atoms with van der Waals surface area (Å²) in [5.41, 5.74) is 2.27. The van der Waals surface area contributed by atoms with E-state index in [2.05, 4.69) is 10.3 Å². The molecule has 33 heavy (non-hydrogen) atoms. The Labute approximate surface area is 193 Å². The van der Waals surface area contributed by atoms with Crippen molar-refractivity contribution in [2.75, 3.05) is 18.4 Å². The lowest BCUT2D eigenvalue weighted by Crippen LogP contribution is -2.42. The van der Waals surface area contributed by atoms with Gasteiger partial charge in [-0.15, -0.1) is 0 Å². The van der Waals surface area contributed by atoms with E-state index in [1.165, 1.54) is 12.1 Å². The van der Waals surface area contributed by atoms with E-state index in [4.69, 9.17) is 9.97 Å². The van der Waals surface area contributed by atoms with Crippen LogP contribution in [0.5, 0.6) is 0 Å². The van der Waals surface area contributed by atoms with Crippen molar-refractivity contribution in [1.29, 1.82) is 0 Å².